The minimum atomic E-state index is 0.587. The molecule has 2 unspecified atom stereocenters. The van der Waals surface area contributed by atoms with E-state index in [0.717, 1.165) is 18.9 Å². The van der Waals surface area contributed by atoms with Gasteiger partial charge in [0.25, 0.3) is 0 Å². The van der Waals surface area contributed by atoms with Crippen LogP contribution in [0.1, 0.15) is 54.4 Å². The first-order chi connectivity index (χ1) is 12.4. The summed E-state index contributed by atoms with van der Waals surface area (Å²) in [4.78, 5) is 2.71. The van der Waals surface area contributed by atoms with Gasteiger partial charge in [-0.3, -0.25) is 0 Å². The van der Waals surface area contributed by atoms with Crippen LogP contribution in [0.2, 0.25) is 0 Å². The van der Waals surface area contributed by atoms with Crippen molar-refractivity contribution >= 4 is 0 Å². The Morgan fingerprint density at radius 2 is 1.88 bits per heavy atom. The molecule has 0 saturated carbocycles. The highest BCUT2D eigenvalue weighted by atomic mass is 15.3. The van der Waals surface area contributed by atoms with E-state index in [1.165, 1.54) is 69.8 Å². The van der Waals surface area contributed by atoms with E-state index in [0.29, 0.717) is 5.92 Å². The van der Waals surface area contributed by atoms with E-state index in [4.69, 9.17) is 0 Å². The Bertz CT molecular complexity index is 750. The van der Waals surface area contributed by atoms with Crippen molar-refractivity contribution in [1.82, 2.24) is 19.7 Å². The molecule has 2 aromatic rings. The van der Waals surface area contributed by atoms with Crippen LogP contribution >= 0.6 is 0 Å². The Morgan fingerprint density at radius 3 is 2.84 bits per heavy atom. The standard InChI is InChI=1S/C21H28N4/c1-2-6-18-13-16(9-10-17(18)5-1)14-24-11-3-7-19(15-24)21-23-22-20-8-4-12-25(20)21/h1-2,5-6,16,19H,3-4,7-15H2. The van der Waals surface area contributed by atoms with Gasteiger partial charge in [-0.15, -0.1) is 10.2 Å². The molecular weight excluding hydrogens is 308 g/mol. The summed E-state index contributed by atoms with van der Waals surface area (Å²) in [6, 6.07) is 9.03. The molecule has 1 aromatic heterocycles. The third kappa shape index (κ3) is 3.01. The smallest absolute Gasteiger partial charge is 0.137 e. The van der Waals surface area contributed by atoms with Crippen LogP contribution in [-0.4, -0.2) is 39.3 Å². The lowest BCUT2D eigenvalue weighted by Crippen LogP contribution is -2.39. The van der Waals surface area contributed by atoms with Crippen molar-refractivity contribution in [2.75, 3.05) is 19.6 Å². The minimum absolute atomic E-state index is 0.587. The number of likely N-dealkylation sites (tertiary alicyclic amines) is 1. The van der Waals surface area contributed by atoms with Crippen molar-refractivity contribution < 1.29 is 0 Å². The Balaban J connectivity index is 1.25. The zero-order valence-corrected chi connectivity index (χ0v) is 15.0. The molecule has 2 atom stereocenters. The summed E-state index contributed by atoms with van der Waals surface area (Å²) < 4.78 is 2.41. The molecule has 132 valence electrons. The molecule has 0 radical (unpaired) electrons. The Labute approximate surface area is 150 Å². The molecule has 0 N–H and O–H groups in total. The number of fused-ring (bicyclic) bond motifs is 2. The van der Waals surface area contributed by atoms with Crippen LogP contribution in [0.5, 0.6) is 0 Å². The summed E-state index contributed by atoms with van der Waals surface area (Å²) in [6.45, 7) is 4.82. The first kappa shape index (κ1) is 15.6. The lowest BCUT2D eigenvalue weighted by molar-refractivity contribution is 0.168. The van der Waals surface area contributed by atoms with Crippen LogP contribution < -0.4 is 0 Å². The predicted octanol–water partition coefficient (Wildman–Crippen LogP) is 3.21. The van der Waals surface area contributed by atoms with Crippen molar-refractivity contribution in [3.05, 3.63) is 47.0 Å². The van der Waals surface area contributed by atoms with Gasteiger partial charge in [0.15, 0.2) is 0 Å². The normalized spacial score (nSPS) is 26.4. The highest BCUT2D eigenvalue weighted by Gasteiger charge is 2.30. The molecule has 1 aliphatic carbocycles. The van der Waals surface area contributed by atoms with Gasteiger partial charge in [0.05, 0.1) is 0 Å². The first-order valence-electron chi connectivity index (χ1n) is 10.1. The summed E-state index contributed by atoms with van der Waals surface area (Å²) in [5.74, 6) is 3.89. The molecule has 0 amide bonds. The Morgan fingerprint density at radius 1 is 0.960 bits per heavy atom. The molecule has 3 aliphatic rings. The van der Waals surface area contributed by atoms with E-state index in [2.05, 4.69) is 43.9 Å². The van der Waals surface area contributed by atoms with Gasteiger partial charge in [-0.25, -0.2) is 0 Å². The maximum atomic E-state index is 4.56. The van der Waals surface area contributed by atoms with Crippen molar-refractivity contribution in [3.8, 4) is 0 Å². The quantitative estimate of drug-likeness (QED) is 0.863. The van der Waals surface area contributed by atoms with Crippen LogP contribution in [0.15, 0.2) is 24.3 Å². The number of benzene rings is 1. The zero-order valence-electron chi connectivity index (χ0n) is 15.0. The van der Waals surface area contributed by atoms with Gasteiger partial charge in [-0.05, 0) is 62.1 Å². The van der Waals surface area contributed by atoms with Crippen LogP contribution in [0.4, 0.5) is 0 Å². The topological polar surface area (TPSA) is 34.0 Å². The molecule has 4 heteroatoms. The van der Waals surface area contributed by atoms with Gasteiger partial charge >= 0.3 is 0 Å². The average Bonchev–Trinajstić information content (AvgIpc) is 3.25. The predicted molar refractivity (Wildman–Crippen MR) is 98.7 cm³/mol. The van der Waals surface area contributed by atoms with Crippen molar-refractivity contribution in [3.63, 3.8) is 0 Å². The van der Waals surface area contributed by atoms with E-state index in [1.807, 2.05) is 0 Å². The maximum absolute atomic E-state index is 4.56. The van der Waals surface area contributed by atoms with E-state index >= 15 is 0 Å². The minimum Gasteiger partial charge on any atom is -0.315 e. The summed E-state index contributed by atoms with van der Waals surface area (Å²) in [5, 5.41) is 8.99. The van der Waals surface area contributed by atoms with Gasteiger partial charge in [0, 0.05) is 32.0 Å². The summed E-state index contributed by atoms with van der Waals surface area (Å²) >= 11 is 0. The third-order valence-electron chi connectivity index (χ3n) is 6.47. The van der Waals surface area contributed by atoms with E-state index in [1.54, 1.807) is 11.1 Å². The fraction of sp³-hybridized carbons (Fsp3) is 0.619. The Kier molecular flexibility index (Phi) is 4.09. The number of aryl methyl sites for hydroxylation is 2. The third-order valence-corrected chi connectivity index (χ3v) is 6.47. The lowest BCUT2D eigenvalue weighted by atomic mass is 9.83. The second-order valence-electron chi connectivity index (χ2n) is 8.21. The number of nitrogens with zero attached hydrogens (tertiary/aromatic N) is 4. The van der Waals surface area contributed by atoms with Crippen LogP contribution in [0, 0.1) is 5.92 Å². The first-order valence-corrected chi connectivity index (χ1v) is 10.1. The number of aromatic nitrogens is 3. The van der Waals surface area contributed by atoms with Crippen LogP contribution in [0.3, 0.4) is 0 Å². The number of hydrogen-bond acceptors (Lipinski definition) is 3. The molecule has 1 aromatic carbocycles. The molecule has 25 heavy (non-hydrogen) atoms. The van der Waals surface area contributed by atoms with Gasteiger partial charge in [-0.2, -0.15) is 0 Å². The van der Waals surface area contributed by atoms with E-state index in [-0.39, 0.29) is 0 Å². The number of piperidine rings is 1. The maximum Gasteiger partial charge on any atom is 0.137 e. The molecule has 4 nitrogen and oxygen atoms in total. The van der Waals surface area contributed by atoms with E-state index in [9.17, 15) is 0 Å². The second kappa shape index (κ2) is 6.56. The largest absolute Gasteiger partial charge is 0.315 e. The number of rotatable bonds is 3. The molecule has 5 rings (SSSR count). The molecule has 2 aliphatic heterocycles. The second-order valence-corrected chi connectivity index (χ2v) is 8.21. The van der Waals surface area contributed by atoms with Crippen LogP contribution in [0.25, 0.3) is 0 Å². The van der Waals surface area contributed by atoms with E-state index < -0.39 is 0 Å². The Hall–Kier alpha value is -1.68. The number of hydrogen-bond donors (Lipinski definition) is 0. The van der Waals surface area contributed by atoms with Gasteiger partial charge in [0.1, 0.15) is 11.6 Å². The monoisotopic (exact) mass is 336 g/mol. The fourth-order valence-corrected chi connectivity index (χ4v) is 5.20. The summed E-state index contributed by atoms with van der Waals surface area (Å²) in [5.41, 5.74) is 3.16. The molecule has 3 heterocycles. The molecule has 1 fully saturated rings. The molecule has 1 saturated heterocycles. The molecule has 0 spiro atoms. The van der Waals surface area contributed by atoms with Crippen molar-refractivity contribution in [1.29, 1.82) is 0 Å². The summed E-state index contributed by atoms with van der Waals surface area (Å²) in [7, 11) is 0. The molecule has 0 bridgehead atoms. The fourth-order valence-electron chi connectivity index (χ4n) is 5.20. The van der Waals surface area contributed by atoms with Gasteiger partial charge in [0.2, 0.25) is 0 Å². The van der Waals surface area contributed by atoms with Crippen LogP contribution in [-0.2, 0) is 25.8 Å². The lowest BCUT2D eigenvalue weighted by Gasteiger charge is -2.36. The highest BCUT2D eigenvalue weighted by molar-refractivity contribution is 5.29. The SMILES string of the molecule is c1ccc2c(c1)CCC(CN1CCCC(c3nnc4n3CCC4)C1)C2. The van der Waals surface area contributed by atoms with Gasteiger partial charge in [-0.1, -0.05) is 24.3 Å². The highest BCUT2D eigenvalue weighted by Crippen LogP contribution is 2.31. The van der Waals surface area contributed by atoms with Gasteiger partial charge < -0.3 is 9.47 Å². The zero-order chi connectivity index (χ0) is 16.6. The summed E-state index contributed by atoms with van der Waals surface area (Å²) in [6.07, 6.45) is 8.81. The van der Waals surface area contributed by atoms with Crippen molar-refractivity contribution in [2.45, 2.75) is 57.4 Å². The average molecular weight is 336 g/mol. The molecular formula is C21H28N4. The van der Waals surface area contributed by atoms with Crippen molar-refractivity contribution in [2.24, 2.45) is 5.92 Å².